The second-order valence-corrected chi connectivity index (χ2v) is 3.36. The molecule has 84 valence electrons. The van der Waals surface area contributed by atoms with Gasteiger partial charge in [-0.3, -0.25) is 4.98 Å². The van der Waals surface area contributed by atoms with Crippen LogP contribution in [0.15, 0.2) is 42.7 Å². The lowest BCUT2D eigenvalue weighted by Crippen LogP contribution is -1.90. The lowest BCUT2D eigenvalue weighted by molar-refractivity contribution is 0.479. The molecule has 1 aromatic carbocycles. The number of hydrogen-bond acceptors (Lipinski definition) is 4. The van der Waals surface area contributed by atoms with Crippen LogP contribution in [-0.2, 0) is 0 Å². The van der Waals surface area contributed by atoms with E-state index < -0.39 is 0 Å². The van der Waals surface area contributed by atoms with E-state index in [9.17, 15) is 0 Å². The van der Waals surface area contributed by atoms with Crippen molar-refractivity contribution >= 4 is 5.69 Å². The maximum Gasteiger partial charge on any atom is 0.163 e. The Bertz CT molecular complexity index is 543. The van der Waals surface area contributed by atoms with Gasteiger partial charge in [0.15, 0.2) is 5.75 Å². The van der Waals surface area contributed by atoms with Crippen molar-refractivity contribution in [3.8, 4) is 17.6 Å². The first-order valence-electron chi connectivity index (χ1n) is 5.13. The molecule has 1 heterocycles. The second-order valence-electron chi connectivity index (χ2n) is 3.36. The zero-order valence-corrected chi connectivity index (χ0v) is 9.34. The number of nitrogens with zero attached hydrogens (tertiary/aromatic N) is 2. The summed E-state index contributed by atoms with van der Waals surface area (Å²) in [5.74, 6) is 1.14. The van der Waals surface area contributed by atoms with E-state index in [4.69, 9.17) is 10.00 Å². The monoisotopic (exact) mass is 225 g/mol. The van der Waals surface area contributed by atoms with E-state index in [1.807, 2.05) is 31.3 Å². The summed E-state index contributed by atoms with van der Waals surface area (Å²) in [4.78, 5) is 3.93. The third kappa shape index (κ3) is 2.52. The summed E-state index contributed by atoms with van der Waals surface area (Å²) in [6.07, 6.45) is 3.10. The van der Waals surface area contributed by atoms with Crippen molar-refractivity contribution < 1.29 is 4.74 Å². The standard InChI is InChI=1S/C13H11N3O/c1-15-11-2-4-12(5-3-11)17-13-9-16-7-6-10(13)8-14/h2-7,9,15H,1H3. The molecule has 4 heteroatoms. The number of pyridine rings is 1. The fraction of sp³-hybridized carbons (Fsp3) is 0.0769. The molecule has 0 aliphatic carbocycles. The molecule has 2 aromatic rings. The van der Waals surface area contributed by atoms with Crippen LogP contribution >= 0.6 is 0 Å². The van der Waals surface area contributed by atoms with Crippen molar-refractivity contribution in [2.24, 2.45) is 0 Å². The molecule has 0 aliphatic heterocycles. The first kappa shape index (κ1) is 11.0. The quantitative estimate of drug-likeness (QED) is 0.872. The third-order valence-electron chi connectivity index (χ3n) is 2.28. The first-order valence-corrected chi connectivity index (χ1v) is 5.13. The Kier molecular flexibility index (Phi) is 3.22. The number of benzene rings is 1. The zero-order chi connectivity index (χ0) is 12.1. The summed E-state index contributed by atoms with van der Waals surface area (Å²) in [5.41, 5.74) is 1.47. The molecule has 0 saturated heterocycles. The number of anilines is 1. The highest BCUT2D eigenvalue weighted by molar-refractivity contribution is 5.48. The molecule has 17 heavy (non-hydrogen) atoms. The van der Waals surface area contributed by atoms with Crippen LogP contribution in [0.3, 0.4) is 0 Å². The molecular weight excluding hydrogens is 214 g/mol. The molecule has 1 aromatic heterocycles. The number of nitriles is 1. The molecule has 2 rings (SSSR count). The van der Waals surface area contributed by atoms with Crippen molar-refractivity contribution in [2.45, 2.75) is 0 Å². The molecule has 0 saturated carbocycles. The van der Waals surface area contributed by atoms with Crippen LogP contribution in [0, 0.1) is 11.3 Å². The van der Waals surface area contributed by atoms with Gasteiger partial charge in [0.25, 0.3) is 0 Å². The van der Waals surface area contributed by atoms with Crippen molar-refractivity contribution in [1.29, 1.82) is 5.26 Å². The van der Waals surface area contributed by atoms with Crippen LogP contribution in [0.1, 0.15) is 5.56 Å². The highest BCUT2D eigenvalue weighted by Crippen LogP contribution is 2.24. The summed E-state index contributed by atoms with van der Waals surface area (Å²) in [6.45, 7) is 0. The predicted octanol–water partition coefficient (Wildman–Crippen LogP) is 2.79. The molecule has 0 radical (unpaired) electrons. The third-order valence-corrected chi connectivity index (χ3v) is 2.28. The second kappa shape index (κ2) is 4.99. The number of hydrogen-bond donors (Lipinski definition) is 1. The summed E-state index contributed by atoms with van der Waals surface area (Å²) in [5, 5.41) is 11.9. The number of nitrogens with one attached hydrogen (secondary N) is 1. The highest BCUT2D eigenvalue weighted by Gasteiger charge is 2.03. The van der Waals surface area contributed by atoms with Crippen LogP contribution in [0.5, 0.6) is 11.5 Å². The fourth-order valence-electron chi connectivity index (χ4n) is 1.37. The van der Waals surface area contributed by atoms with E-state index in [0.29, 0.717) is 17.1 Å². The van der Waals surface area contributed by atoms with Crippen molar-refractivity contribution in [3.05, 3.63) is 48.3 Å². The summed E-state index contributed by atoms with van der Waals surface area (Å²) in [6, 6.07) is 11.2. The molecular formula is C13H11N3O. The van der Waals surface area contributed by atoms with Gasteiger partial charge in [-0.2, -0.15) is 5.26 Å². The predicted molar refractivity (Wildman–Crippen MR) is 65.0 cm³/mol. The lowest BCUT2D eigenvalue weighted by atomic mass is 10.2. The van der Waals surface area contributed by atoms with Gasteiger partial charge in [0.2, 0.25) is 0 Å². The zero-order valence-electron chi connectivity index (χ0n) is 9.34. The van der Waals surface area contributed by atoms with E-state index in [1.165, 1.54) is 6.20 Å². The minimum absolute atomic E-state index is 0.465. The number of aromatic nitrogens is 1. The summed E-state index contributed by atoms with van der Waals surface area (Å²) < 4.78 is 5.59. The van der Waals surface area contributed by atoms with E-state index in [-0.39, 0.29) is 0 Å². The van der Waals surface area contributed by atoms with Gasteiger partial charge in [0.05, 0.1) is 11.8 Å². The Labute approximate surface area is 99.5 Å². The molecule has 0 unspecified atom stereocenters. The fourth-order valence-corrected chi connectivity index (χ4v) is 1.37. The van der Waals surface area contributed by atoms with Crippen LogP contribution in [-0.4, -0.2) is 12.0 Å². The van der Waals surface area contributed by atoms with Gasteiger partial charge in [0.1, 0.15) is 11.8 Å². The Balaban J connectivity index is 2.23. The average molecular weight is 225 g/mol. The van der Waals surface area contributed by atoms with E-state index in [2.05, 4.69) is 16.4 Å². The normalized spacial score (nSPS) is 9.41. The molecule has 0 aliphatic rings. The Morgan fingerprint density at radius 3 is 2.65 bits per heavy atom. The van der Waals surface area contributed by atoms with Crippen LogP contribution < -0.4 is 10.1 Å². The summed E-state index contributed by atoms with van der Waals surface area (Å²) in [7, 11) is 1.85. The van der Waals surface area contributed by atoms with E-state index in [1.54, 1.807) is 12.3 Å². The van der Waals surface area contributed by atoms with Gasteiger partial charge in [-0.05, 0) is 30.3 Å². The maximum atomic E-state index is 8.91. The molecule has 0 atom stereocenters. The average Bonchev–Trinajstić information content (AvgIpc) is 2.40. The van der Waals surface area contributed by atoms with Crippen molar-refractivity contribution in [1.82, 2.24) is 4.98 Å². The van der Waals surface area contributed by atoms with Gasteiger partial charge in [-0.15, -0.1) is 0 Å². The van der Waals surface area contributed by atoms with E-state index >= 15 is 0 Å². The van der Waals surface area contributed by atoms with Crippen LogP contribution in [0.25, 0.3) is 0 Å². The molecule has 0 amide bonds. The molecule has 1 N–H and O–H groups in total. The number of ether oxygens (including phenoxy) is 1. The summed E-state index contributed by atoms with van der Waals surface area (Å²) >= 11 is 0. The van der Waals surface area contributed by atoms with Gasteiger partial charge in [0, 0.05) is 18.9 Å². The van der Waals surface area contributed by atoms with Crippen LogP contribution in [0.2, 0.25) is 0 Å². The first-order chi connectivity index (χ1) is 8.33. The van der Waals surface area contributed by atoms with Crippen LogP contribution in [0.4, 0.5) is 5.69 Å². The van der Waals surface area contributed by atoms with Gasteiger partial charge in [-0.1, -0.05) is 0 Å². The lowest BCUT2D eigenvalue weighted by Gasteiger charge is -2.07. The largest absolute Gasteiger partial charge is 0.454 e. The maximum absolute atomic E-state index is 8.91. The minimum Gasteiger partial charge on any atom is -0.454 e. The molecule has 0 fully saturated rings. The van der Waals surface area contributed by atoms with Crippen molar-refractivity contribution in [3.63, 3.8) is 0 Å². The Morgan fingerprint density at radius 2 is 2.00 bits per heavy atom. The Morgan fingerprint density at radius 1 is 1.24 bits per heavy atom. The highest BCUT2D eigenvalue weighted by atomic mass is 16.5. The number of rotatable bonds is 3. The SMILES string of the molecule is CNc1ccc(Oc2cnccc2C#N)cc1. The van der Waals surface area contributed by atoms with Crippen molar-refractivity contribution in [2.75, 3.05) is 12.4 Å². The minimum atomic E-state index is 0.465. The molecule has 0 spiro atoms. The Hall–Kier alpha value is -2.54. The molecule has 4 nitrogen and oxygen atoms in total. The van der Waals surface area contributed by atoms with Gasteiger partial charge < -0.3 is 10.1 Å². The smallest absolute Gasteiger partial charge is 0.163 e. The van der Waals surface area contributed by atoms with E-state index in [0.717, 1.165) is 5.69 Å². The topological polar surface area (TPSA) is 57.9 Å². The van der Waals surface area contributed by atoms with Gasteiger partial charge >= 0.3 is 0 Å². The van der Waals surface area contributed by atoms with Gasteiger partial charge in [-0.25, -0.2) is 0 Å². The molecule has 0 bridgehead atoms.